The number of rotatable bonds is 7. The molecule has 2 aromatic rings. The van der Waals surface area contributed by atoms with Crippen LogP contribution in [0.15, 0.2) is 16.7 Å². The summed E-state index contributed by atoms with van der Waals surface area (Å²) in [7, 11) is 3.60. The topological polar surface area (TPSA) is 85.4 Å². The van der Waals surface area contributed by atoms with Crippen LogP contribution in [-0.4, -0.2) is 45.7 Å². The minimum absolute atomic E-state index is 0.0717. The highest BCUT2D eigenvalue weighted by Crippen LogP contribution is 2.33. The molecule has 1 aliphatic rings. The van der Waals surface area contributed by atoms with Crippen LogP contribution in [-0.2, 0) is 18.3 Å². The molecule has 1 aliphatic heterocycles. The second-order valence-electron chi connectivity index (χ2n) is 6.91. The summed E-state index contributed by atoms with van der Waals surface area (Å²) >= 11 is 0. The van der Waals surface area contributed by atoms with Crippen molar-refractivity contribution >= 4 is 5.91 Å². The summed E-state index contributed by atoms with van der Waals surface area (Å²) in [5.41, 5.74) is 1.80. The normalized spacial score (nSPS) is 19.2. The van der Waals surface area contributed by atoms with Crippen LogP contribution >= 0.6 is 0 Å². The van der Waals surface area contributed by atoms with Gasteiger partial charge in [-0.3, -0.25) is 9.69 Å². The van der Waals surface area contributed by atoms with E-state index >= 15 is 0 Å². The van der Waals surface area contributed by atoms with E-state index in [2.05, 4.69) is 20.4 Å². The van der Waals surface area contributed by atoms with E-state index in [9.17, 15) is 4.79 Å². The molecule has 2 aromatic heterocycles. The smallest absolute Gasteiger partial charge is 0.267 e. The van der Waals surface area contributed by atoms with Gasteiger partial charge in [-0.2, -0.15) is 4.98 Å². The molecule has 0 bridgehead atoms. The number of ether oxygens (including phenoxy) is 1. The highest BCUT2D eigenvalue weighted by molar-refractivity contribution is 5.92. The quantitative estimate of drug-likeness (QED) is 0.801. The van der Waals surface area contributed by atoms with Crippen molar-refractivity contribution in [2.75, 3.05) is 20.2 Å². The van der Waals surface area contributed by atoms with Gasteiger partial charge in [-0.25, -0.2) is 0 Å². The average Bonchev–Trinajstić information content (AvgIpc) is 3.29. The van der Waals surface area contributed by atoms with E-state index in [-0.39, 0.29) is 18.1 Å². The van der Waals surface area contributed by atoms with E-state index in [1.807, 2.05) is 37.6 Å². The number of nitrogens with zero attached hydrogens (tertiary/aromatic N) is 4. The van der Waals surface area contributed by atoms with Crippen LogP contribution in [0.25, 0.3) is 0 Å². The van der Waals surface area contributed by atoms with E-state index in [0.29, 0.717) is 30.6 Å². The molecule has 3 heterocycles. The molecule has 1 saturated heterocycles. The van der Waals surface area contributed by atoms with E-state index in [1.54, 1.807) is 7.05 Å². The molecule has 0 spiro atoms. The molecule has 1 N–H and O–H groups in total. The van der Waals surface area contributed by atoms with Gasteiger partial charge in [0.05, 0.1) is 12.6 Å². The average molecular weight is 375 g/mol. The third kappa shape index (κ3) is 4.22. The number of aromatic nitrogens is 3. The maximum Gasteiger partial charge on any atom is 0.267 e. The first-order chi connectivity index (χ1) is 13.0. The fourth-order valence-electron chi connectivity index (χ4n) is 3.73. The molecule has 1 fully saturated rings. The number of carbonyl (C=O) groups excluding carboxylic acids is 1. The molecule has 0 radical (unpaired) electrons. The number of carbonyl (C=O) groups is 1. The summed E-state index contributed by atoms with van der Waals surface area (Å²) in [6.45, 7) is 6.04. The zero-order valence-electron chi connectivity index (χ0n) is 16.6. The van der Waals surface area contributed by atoms with Crippen molar-refractivity contribution in [1.29, 1.82) is 0 Å². The lowest BCUT2D eigenvalue weighted by molar-refractivity contribution is 0.0683. The molecule has 3 rings (SSSR count). The molecule has 8 heteroatoms. The lowest BCUT2D eigenvalue weighted by atomic mass is 9.99. The monoisotopic (exact) mass is 375 g/mol. The predicted molar refractivity (Wildman–Crippen MR) is 100 cm³/mol. The maximum atomic E-state index is 12.0. The molecule has 0 aliphatic carbocycles. The number of hydrogen-bond acceptors (Lipinski definition) is 6. The minimum atomic E-state index is -0.173. The fraction of sp³-hybridized carbons (Fsp3) is 0.632. The van der Waals surface area contributed by atoms with Gasteiger partial charge in [0.15, 0.2) is 5.82 Å². The van der Waals surface area contributed by atoms with Crippen LogP contribution < -0.4 is 5.32 Å². The zero-order chi connectivity index (χ0) is 19.4. The van der Waals surface area contributed by atoms with Gasteiger partial charge in [0.25, 0.3) is 5.91 Å². The van der Waals surface area contributed by atoms with Crippen molar-refractivity contribution < 1.29 is 14.1 Å². The molecule has 0 unspecified atom stereocenters. The first-order valence-electron chi connectivity index (χ1n) is 9.61. The van der Waals surface area contributed by atoms with Gasteiger partial charge in [0.1, 0.15) is 11.8 Å². The number of likely N-dealkylation sites (tertiary alicyclic amines) is 1. The van der Waals surface area contributed by atoms with Gasteiger partial charge in [-0.05, 0) is 45.4 Å². The third-order valence-corrected chi connectivity index (χ3v) is 5.18. The molecule has 148 valence electrons. The standard InChI is InChI=1S/C19H29N5O3/c1-5-26-13(2)18-21-17(27-22-18)12-24-11-7-6-8-15(24)14-9-10-16(23(14)4)19(25)20-3/h9-10,13,15H,5-8,11-12H2,1-4H3,(H,20,25)/t13-,15-/m1/s1. The molecule has 1 amide bonds. The Morgan fingerprint density at radius 1 is 1.44 bits per heavy atom. The summed E-state index contributed by atoms with van der Waals surface area (Å²) < 4.78 is 13.0. The molecular formula is C19H29N5O3. The Hall–Kier alpha value is -2.19. The second-order valence-corrected chi connectivity index (χ2v) is 6.91. The van der Waals surface area contributed by atoms with E-state index < -0.39 is 0 Å². The number of piperidine rings is 1. The minimum Gasteiger partial charge on any atom is -0.371 e. The predicted octanol–water partition coefficient (Wildman–Crippen LogP) is 2.59. The third-order valence-electron chi connectivity index (χ3n) is 5.18. The van der Waals surface area contributed by atoms with Crippen molar-refractivity contribution in [3.63, 3.8) is 0 Å². The Morgan fingerprint density at radius 3 is 3.00 bits per heavy atom. The summed E-state index contributed by atoms with van der Waals surface area (Å²) in [5.74, 6) is 1.11. The van der Waals surface area contributed by atoms with Crippen molar-refractivity contribution in [1.82, 2.24) is 24.9 Å². The Balaban J connectivity index is 1.77. The first kappa shape index (κ1) is 19.6. The van der Waals surface area contributed by atoms with Crippen LogP contribution in [0.4, 0.5) is 0 Å². The first-order valence-corrected chi connectivity index (χ1v) is 9.61. The van der Waals surface area contributed by atoms with Crippen molar-refractivity contribution in [2.24, 2.45) is 7.05 Å². The SMILES string of the molecule is CCO[C@H](C)c1noc(CN2CCCC[C@@H]2c2ccc(C(=O)NC)n2C)n1. The van der Waals surface area contributed by atoms with Gasteiger partial charge >= 0.3 is 0 Å². The molecular weight excluding hydrogens is 346 g/mol. The van der Waals surface area contributed by atoms with Gasteiger partial charge in [0.2, 0.25) is 5.89 Å². The van der Waals surface area contributed by atoms with Gasteiger partial charge in [-0.15, -0.1) is 0 Å². The van der Waals surface area contributed by atoms with E-state index in [0.717, 1.165) is 31.5 Å². The molecule has 0 aromatic carbocycles. The second kappa shape index (κ2) is 8.67. The summed E-state index contributed by atoms with van der Waals surface area (Å²) in [6, 6.07) is 4.15. The summed E-state index contributed by atoms with van der Waals surface area (Å²) in [5, 5.41) is 6.75. The highest BCUT2D eigenvalue weighted by Gasteiger charge is 2.29. The van der Waals surface area contributed by atoms with Gasteiger partial charge in [-0.1, -0.05) is 11.6 Å². The fourth-order valence-corrected chi connectivity index (χ4v) is 3.73. The molecule has 0 saturated carbocycles. The molecule has 27 heavy (non-hydrogen) atoms. The Labute approximate surface area is 159 Å². The van der Waals surface area contributed by atoms with Crippen LogP contribution in [0.3, 0.4) is 0 Å². The Morgan fingerprint density at radius 2 is 2.26 bits per heavy atom. The lowest BCUT2D eigenvalue weighted by Gasteiger charge is -2.35. The summed E-state index contributed by atoms with van der Waals surface area (Å²) in [4.78, 5) is 18.9. The van der Waals surface area contributed by atoms with Gasteiger partial charge < -0.3 is 19.1 Å². The van der Waals surface area contributed by atoms with Crippen molar-refractivity contribution in [3.8, 4) is 0 Å². The number of amides is 1. The Bertz CT molecular complexity index is 769. The van der Waals surface area contributed by atoms with Crippen LogP contribution in [0.2, 0.25) is 0 Å². The van der Waals surface area contributed by atoms with Crippen molar-refractivity contribution in [2.45, 2.75) is 51.8 Å². The number of nitrogens with one attached hydrogen (secondary N) is 1. The maximum absolute atomic E-state index is 12.0. The zero-order valence-corrected chi connectivity index (χ0v) is 16.6. The molecule has 8 nitrogen and oxygen atoms in total. The Kier molecular flexibility index (Phi) is 6.28. The van der Waals surface area contributed by atoms with Crippen LogP contribution in [0, 0.1) is 0 Å². The lowest BCUT2D eigenvalue weighted by Crippen LogP contribution is -2.34. The van der Waals surface area contributed by atoms with Crippen molar-refractivity contribution in [3.05, 3.63) is 35.2 Å². The van der Waals surface area contributed by atoms with Crippen LogP contribution in [0.5, 0.6) is 0 Å². The summed E-state index contributed by atoms with van der Waals surface area (Å²) in [6.07, 6.45) is 3.17. The van der Waals surface area contributed by atoms with E-state index in [4.69, 9.17) is 9.26 Å². The number of hydrogen-bond donors (Lipinski definition) is 1. The highest BCUT2D eigenvalue weighted by atomic mass is 16.5. The largest absolute Gasteiger partial charge is 0.371 e. The van der Waals surface area contributed by atoms with Crippen LogP contribution in [0.1, 0.15) is 73.2 Å². The molecule has 2 atom stereocenters. The van der Waals surface area contributed by atoms with E-state index in [1.165, 1.54) is 0 Å². The van der Waals surface area contributed by atoms with Gasteiger partial charge in [0, 0.05) is 26.4 Å².